The molecule has 0 unspecified atom stereocenters. The van der Waals surface area contributed by atoms with E-state index < -0.39 is 0 Å². The van der Waals surface area contributed by atoms with E-state index in [2.05, 4.69) is 15.0 Å². The van der Waals surface area contributed by atoms with Crippen LogP contribution in [0.2, 0.25) is 0 Å². The van der Waals surface area contributed by atoms with Crippen LogP contribution < -0.4 is 5.73 Å². The Kier molecular flexibility index (Phi) is 2.58. The molecule has 3 aromatic heterocycles. The van der Waals surface area contributed by atoms with Gasteiger partial charge in [-0.25, -0.2) is 15.0 Å². The molecule has 3 heterocycles. The fourth-order valence-electron chi connectivity index (χ4n) is 1.44. The van der Waals surface area contributed by atoms with E-state index in [9.17, 15) is 0 Å². The molecular formula is C11H8N4S2. The number of thiazole rings is 1. The molecule has 0 aliphatic rings. The summed E-state index contributed by atoms with van der Waals surface area (Å²) in [6.45, 7) is 0. The van der Waals surface area contributed by atoms with E-state index in [1.54, 1.807) is 23.6 Å². The average molecular weight is 260 g/mol. The van der Waals surface area contributed by atoms with Crippen molar-refractivity contribution in [1.82, 2.24) is 15.0 Å². The monoisotopic (exact) mass is 260 g/mol. The summed E-state index contributed by atoms with van der Waals surface area (Å²) in [6.07, 6.45) is 1.75. The highest BCUT2D eigenvalue weighted by Crippen LogP contribution is 2.26. The normalized spacial score (nSPS) is 10.6. The van der Waals surface area contributed by atoms with Crippen molar-refractivity contribution in [3.05, 3.63) is 35.2 Å². The van der Waals surface area contributed by atoms with E-state index in [0.29, 0.717) is 11.6 Å². The van der Waals surface area contributed by atoms with E-state index in [4.69, 9.17) is 5.73 Å². The van der Waals surface area contributed by atoms with Gasteiger partial charge in [0.25, 0.3) is 0 Å². The molecule has 84 valence electrons. The molecule has 0 saturated carbocycles. The van der Waals surface area contributed by atoms with Gasteiger partial charge in [0.1, 0.15) is 16.5 Å². The maximum absolute atomic E-state index is 5.80. The number of hydrogen-bond acceptors (Lipinski definition) is 6. The molecule has 0 bridgehead atoms. The van der Waals surface area contributed by atoms with E-state index in [0.717, 1.165) is 15.6 Å². The van der Waals surface area contributed by atoms with Gasteiger partial charge in [-0.15, -0.1) is 22.7 Å². The minimum atomic E-state index is 0.466. The molecule has 0 atom stereocenters. The molecule has 17 heavy (non-hydrogen) atoms. The fourth-order valence-corrected chi connectivity index (χ4v) is 2.70. The third-order valence-corrected chi connectivity index (χ3v) is 3.80. The number of rotatable bonds is 2. The number of thiophene rings is 1. The van der Waals surface area contributed by atoms with Gasteiger partial charge in [-0.3, -0.25) is 0 Å². The van der Waals surface area contributed by atoms with Gasteiger partial charge >= 0.3 is 0 Å². The first-order valence-electron chi connectivity index (χ1n) is 4.91. The van der Waals surface area contributed by atoms with Crippen molar-refractivity contribution in [2.24, 2.45) is 0 Å². The summed E-state index contributed by atoms with van der Waals surface area (Å²) >= 11 is 3.13. The Hall–Kier alpha value is -1.79. The van der Waals surface area contributed by atoms with Crippen molar-refractivity contribution in [2.75, 3.05) is 5.73 Å². The van der Waals surface area contributed by atoms with Crippen LogP contribution in [0.15, 0.2) is 35.2 Å². The van der Waals surface area contributed by atoms with Gasteiger partial charge in [0.2, 0.25) is 0 Å². The van der Waals surface area contributed by atoms with Gasteiger partial charge in [-0.2, -0.15) is 0 Å². The summed E-state index contributed by atoms with van der Waals surface area (Å²) in [5, 5.41) is 4.76. The molecule has 3 rings (SSSR count). The molecule has 6 heteroatoms. The molecule has 3 aromatic rings. The summed E-state index contributed by atoms with van der Waals surface area (Å²) in [5.41, 5.74) is 6.58. The minimum absolute atomic E-state index is 0.466. The van der Waals surface area contributed by atoms with Crippen molar-refractivity contribution >= 4 is 28.5 Å². The molecule has 0 saturated heterocycles. The second kappa shape index (κ2) is 4.23. The number of nitrogens with two attached hydrogens (primary N) is 1. The number of aromatic nitrogens is 3. The molecule has 0 spiro atoms. The number of anilines is 1. The summed E-state index contributed by atoms with van der Waals surface area (Å²) in [6, 6.07) is 5.69. The van der Waals surface area contributed by atoms with E-state index in [-0.39, 0.29) is 0 Å². The van der Waals surface area contributed by atoms with E-state index >= 15 is 0 Å². The molecule has 2 N–H and O–H groups in total. The van der Waals surface area contributed by atoms with Crippen molar-refractivity contribution < 1.29 is 0 Å². The smallest absolute Gasteiger partial charge is 0.172 e. The fraction of sp³-hybridized carbons (Fsp3) is 0. The first-order chi connectivity index (χ1) is 8.33. The lowest BCUT2D eigenvalue weighted by Crippen LogP contribution is -1.96. The third-order valence-electron chi connectivity index (χ3n) is 2.14. The summed E-state index contributed by atoms with van der Waals surface area (Å²) < 4.78 is 0. The first kappa shape index (κ1) is 10.4. The Balaban J connectivity index is 2.13. The molecule has 0 aromatic carbocycles. The second-order valence-electron chi connectivity index (χ2n) is 3.32. The van der Waals surface area contributed by atoms with E-state index in [1.807, 2.05) is 22.9 Å². The second-order valence-corrected chi connectivity index (χ2v) is 5.16. The minimum Gasteiger partial charge on any atom is -0.384 e. The first-order valence-corrected chi connectivity index (χ1v) is 6.67. The van der Waals surface area contributed by atoms with Crippen LogP contribution in [0, 0.1) is 0 Å². The lowest BCUT2D eigenvalue weighted by atomic mass is 10.3. The van der Waals surface area contributed by atoms with Crippen LogP contribution >= 0.6 is 22.7 Å². The average Bonchev–Trinajstić information content (AvgIpc) is 3.02. The Morgan fingerprint density at radius 2 is 2.06 bits per heavy atom. The summed E-state index contributed by atoms with van der Waals surface area (Å²) in [4.78, 5) is 14.0. The van der Waals surface area contributed by atoms with Gasteiger partial charge in [-0.1, -0.05) is 6.07 Å². The third kappa shape index (κ3) is 2.04. The Labute approximate surface area is 106 Å². The molecule has 0 fully saturated rings. The predicted molar refractivity (Wildman–Crippen MR) is 70.9 cm³/mol. The molecule has 0 aliphatic heterocycles. The zero-order valence-corrected chi connectivity index (χ0v) is 10.3. The van der Waals surface area contributed by atoms with Gasteiger partial charge in [0.05, 0.1) is 4.88 Å². The van der Waals surface area contributed by atoms with Gasteiger partial charge in [-0.05, 0) is 11.4 Å². The number of hydrogen-bond donors (Lipinski definition) is 1. The molecular weight excluding hydrogens is 252 g/mol. The van der Waals surface area contributed by atoms with Crippen LogP contribution in [0.3, 0.4) is 0 Å². The van der Waals surface area contributed by atoms with Crippen LogP contribution in [0.5, 0.6) is 0 Å². The molecule has 4 nitrogen and oxygen atoms in total. The van der Waals surface area contributed by atoms with Crippen molar-refractivity contribution in [3.8, 4) is 21.4 Å². The molecule has 0 aliphatic carbocycles. The van der Waals surface area contributed by atoms with Crippen LogP contribution in [0.25, 0.3) is 21.4 Å². The maximum atomic E-state index is 5.80. The quantitative estimate of drug-likeness (QED) is 0.769. The highest BCUT2D eigenvalue weighted by Gasteiger charge is 2.09. The van der Waals surface area contributed by atoms with Gasteiger partial charge in [0, 0.05) is 17.6 Å². The standard InChI is InChI=1S/C11H8N4S2/c12-9-6-7(11-13-3-5-17-11)14-10(15-9)8-2-1-4-16-8/h1-6H,(H2,12,14,15). The van der Waals surface area contributed by atoms with Crippen molar-refractivity contribution in [2.45, 2.75) is 0 Å². The molecule has 0 radical (unpaired) electrons. The lowest BCUT2D eigenvalue weighted by Gasteiger charge is -2.01. The summed E-state index contributed by atoms with van der Waals surface area (Å²) in [5.74, 6) is 1.12. The van der Waals surface area contributed by atoms with Crippen LogP contribution in [-0.2, 0) is 0 Å². The van der Waals surface area contributed by atoms with Crippen LogP contribution in [0.1, 0.15) is 0 Å². The number of nitrogen functional groups attached to an aromatic ring is 1. The Bertz CT molecular complexity index is 564. The Morgan fingerprint density at radius 3 is 2.76 bits per heavy atom. The lowest BCUT2D eigenvalue weighted by molar-refractivity contribution is 1.19. The van der Waals surface area contributed by atoms with Crippen LogP contribution in [0.4, 0.5) is 5.82 Å². The largest absolute Gasteiger partial charge is 0.384 e. The number of nitrogens with zero attached hydrogens (tertiary/aromatic N) is 3. The highest BCUT2D eigenvalue weighted by molar-refractivity contribution is 7.13. The zero-order valence-electron chi connectivity index (χ0n) is 8.70. The predicted octanol–water partition coefficient (Wildman–Crippen LogP) is 2.91. The highest BCUT2D eigenvalue weighted by atomic mass is 32.1. The topological polar surface area (TPSA) is 64.7 Å². The van der Waals surface area contributed by atoms with E-state index in [1.165, 1.54) is 11.3 Å². The summed E-state index contributed by atoms with van der Waals surface area (Å²) in [7, 11) is 0. The van der Waals surface area contributed by atoms with Gasteiger partial charge < -0.3 is 5.73 Å². The molecule has 0 amide bonds. The van der Waals surface area contributed by atoms with Crippen molar-refractivity contribution in [3.63, 3.8) is 0 Å². The maximum Gasteiger partial charge on any atom is 0.172 e. The SMILES string of the molecule is Nc1cc(-c2nccs2)nc(-c2cccs2)n1. The van der Waals surface area contributed by atoms with Crippen molar-refractivity contribution in [1.29, 1.82) is 0 Å². The zero-order chi connectivity index (χ0) is 11.7. The Morgan fingerprint density at radius 1 is 1.12 bits per heavy atom. The van der Waals surface area contributed by atoms with Crippen LogP contribution in [-0.4, -0.2) is 15.0 Å². The van der Waals surface area contributed by atoms with Gasteiger partial charge in [0.15, 0.2) is 5.82 Å².